The van der Waals surface area contributed by atoms with Crippen molar-refractivity contribution < 1.29 is 4.79 Å². The van der Waals surface area contributed by atoms with Crippen molar-refractivity contribution in [3.8, 4) is 0 Å². The number of piperidine rings is 1. The smallest absolute Gasteiger partial charge is 0.234 e. The van der Waals surface area contributed by atoms with E-state index >= 15 is 0 Å². The molecule has 2 heterocycles. The zero-order valence-corrected chi connectivity index (χ0v) is 10.4. The van der Waals surface area contributed by atoms with Gasteiger partial charge in [-0.15, -0.1) is 0 Å². The van der Waals surface area contributed by atoms with Crippen molar-refractivity contribution in [1.82, 2.24) is 10.6 Å². The van der Waals surface area contributed by atoms with Crippen LogP contribution in [-0.2, 0) is 4.79 Å². The molecule has 94 valence electrons. The maximum atomic E-state index is 12.2. The molecular weight excluding hydrogens is 212 g/mol. The lowest BCUT2D eigenvalue weighted by molar-refractivity contribution is -0.127. The average molecular weight is 234 g/mol. The van der Waals surface area contributed by atoms with Crippen molar-refractivity contribution in [1.29, 1.82) is 0 Å². The highest BCUT2D eigenvalue weighted by Crippen LogP contribution is 2.40. The molecule has 2 N–H and O–H groups in total. The van der Waals surface area contributed by atoms with Crippen LogP contribution in [0.2, 0.25) is 0 Å². The SMILES string of the molecule is O=C1NC(C2CCCCC2)=CC12CCNCC2. The summed E-state index contributed by atoms with van der Waals surface area (Å²) in [5.41, 5.74) is 1.08. The second kappa shape index (κ2) is 4.45. The summed E-state index contributed by atoms with van der Waals surface area (Å²) in [7, 11) is 0. The first kappa shape index (κ1) is 11.3. The van der Waals surface area contributed by atoms with Gasteiger partial charge < -0.3 is 10.6 Å². The van der Waals surface area contributed by atoms with Crippen molar-refractivity contribution in [2.45, 2.75) is 44.9 Å². The second-order valence-corrected chi connectivity index (χ2v) is 5.79. The molecule has 1 aliphatic carbocycles. The number of rotatable bonds is 1. The second-order valence-electron chi connectivity index (χ2n) is 5.79. The van der Waals surface area contributed by atoms with Crippen molar-refractivity contribution in [3.63, 3.8) is 0 Å². The molecule has 0 unspecified atom stereocenters. The first-order valence-corrected chi connectivity index (χ1v) is 7.05. The molecule has 0 bridgehead atoms. The van der Waals surface area contributed by atoms with E-state index in [9.17, 15) is 4.79 Å². The highest BCUT2D eigenvalue weighted by molar-refractivity contribution is 5.89. The highest BCUT2D eigenvalue weighted by Gasteiger charge is 2.43. The highest BCUT2D eigenvalue weighted by atomic mass is 16.2. The Morgan fingerprint density at radius 3 is 2.53 bits per heavy atom. The third kappa shape index (κ3) is 2.01. The zero-order chi connectivity index (χ0) is 11.7. The Morgan fingerprint density at radius 2 is 1.82 bits per heavy atom. The molecule has 0 aromatic rings. The fourth-order valence-electron chi connectivity index (χ4n) is 3.53. The molecule has 0 aromatic carbocycles. The van der Waals surface area contributed by atoms with Gasteiger partial charge in [-0.05, 0) is 50.8 Å². The molecule has 3 rings (SSSR count). The van der Waals surface area contributed by atoms with E-state index in [4.69, 9.17) is 0 Å². The lowest BCUT2D eigenvalue weighted by Crippen LogP contribution is -2.42. The molecule has 17 heavy (non-hydrogen) atoms. The number of carbonyl (C=O) groups excluding carboxylic acids is 1. The van der Waals surface area contributed by atoms with E-state index in [-0.39, 0.29) is 11.3 Å². The summed E-state index contributed by atoms with van der Waals surface area (Å²) >= 11 is 0. The Labute approximate surface area is 103 Å². The van der Waals surface area contributed by atoms with Gasteiger partial charge in [-0.2, -0.15) is 0 Å². The molecule has 0 atom stereocenters. The minimum Gasteiger partial charge on any atom is -0.329 e. The van der Waals surface area contributed by atoms with Crippen LogP contribution in [0.4, 0.5) is 0 Å². The Kier molecular flexibility index (Phi) is 2.95. The Morgan fingerprint density at radius 1 is 1.12 bits per heavy atom. The molecular formula is C14H22N2O. The number of allylic oxidation sites excluding steroid dienone is 1. The first-order chi connectivity index (χ1) is 8.30. The average Bonchev–Trinajstić information content (AvgIpc) is 2.69. The number of amides is 1. The molecule has 2 fully saturated rings. The largest absolute Gasteiger partial charge is 0.329 e. The zero-order valence-electron chi connectivity index (χ0n) is 10.4. The van der Waals surface area contributed by atoms with Gasteiger partial charge in [-0.3, -0.25) is 4.79 Å². The van der Waals surface area contributed by atoms with E-state index < -0.39 is 0 Å². The summed E-state index contributed by atoms with van der Waals surface area (Å²) in [6.07, 6.45) is 10.8. The predicted octanol–water partition coefficient (Wildman–Crippen LogP) is 1.95. The van der Waals surface area contributed by atoms with Crippen LogP contribution in [0.25, 0.3) is 0 Å². The molecule has 1 saturated heterocycles. The van der Waals surface area contributed by atoms with Gasteiger partial charge in [0.25, 0.3) is 0 Å². The van der Waals surface area contributed by atoms with Gasteiger partial charge in [0.2, 0.25) is 5.91 Å². The van der Waals surface area contributed by atoms with Crippen LogP contribution in [0.5, 0.6) is 0 Å². The lowest BCUT2D eigenvalue weighted by atomic mass is 9.78. The first-order valence-electron chi connectivity index (χ1n) is 7.05. The topological polar surface area (TPSA) is 41.1 Å². The molecule has 3 aliphatic rings. The minimum absolute atomic E-state index is 0.169. The molecule has 3 nitrogen and oxygen atoms in total. The van der Waals surface area contributed by atoms with Gasteiger partial charge in [-0.1, -0.05) is 19.3 Å². The third-order valence-electron chi connectivity index (χ3n) is 4.68. The molecule has 0 aromatic heterocycles. The Hall–Kier alpha value is -0.830. The van der Waals surface area contributed by atoms with Crippen LogP contribution in [0.3, 0.4) is 0 Å². The summed E-state index contributed by atoms with van der Waals surface area (Å²) in [6, 6.07) is 0. The number of hydrogen-bond acceptors (Lipinski definition) is 2. The monoisotopic (exact) mass is 234 g/mol. The molecule has 3 heteroatoms. The molecule has 1 amide bonds. The van der Waals surface area contributed by atoms with E-state index in [0.717, 1.165) is 25.9 Å². The van der Waals surface area contributed by atoms with Gasteiger partial charge in [-0.25, -0.2) is 0 Å². The summed E-state index contributed by atoms with van der Waals surface area (Å²) in [6.45, 7) is 1.95. The van der Waals surface area contributed by atoms with E-state index in [1.807, 2.05) is 0 Å². The van der Waals surface area contributed by atoms with Crippen LogP contribution in [0, 0.1) is 11.3 Å². The van der Waals surface area contributed by atoms with Gasteiger partial charge >= 0.3 is 0 Å². The molecule has 0 radical (unpaired) electrons. The number of hydrogen-bond donors (Lipinski definition) is 2. The Balaban J connectivity index is 1.77. The fourth-order valence-corrected chi connectivity index (χ4v) is 3.53. The van der Waals surface area contributed by atoms with Crippen molar-refractivity contribution in [2.75, 3.05) is 13.1 Å². The van der Waals surface area contributed by atoms with E-state index in [2.05, 4.69) is 16.7 Å². The van der Waals surface area contributed by atoms with E-state index in [0.29, 0.717) is 5.92 Å². The normalized spacial score (nSPS) is 29.2. The van der Waals surface area contributed by atoms with Gasteiger partial charge in [0.05, 0.1) is 5.41 Å². The van der Waals surface area contributed by atoms with Crippen LogP contribution in [0.15, 0.2) is 11.8 Å². The molecule has 1 spiro atoms. The van der Waals surface area contributed by atoms with E-state index in [1.54, 1.807) is 0 Å². The number of carbonyl (C=O) groups is 1. The summed E-state index contributed by atoms with van der Waals surface area (Å²) < 4.78 is 0. The summed E-state index contributed by atoms with van der Waals surface area (Å²) in [5.74, 6) is 0.890. The van der Waals surface area contributed by atoms with Crippen LogP contribution < -0.4 is 10.6 Å². The van der Waals surface area contributed by atoms with Gasteiger partial charge in [0, 0.05) is 5.70 Å². The maximum absolute atomic E-state index is 12.2. The summed E-state index contributed by atoms with van der Waals surface area (Å²) in [4.78, 5) is 12.2. The summed E-state index contributed by atoms with van der Waals surface area (Å²) in [5, 5.41) is 6.52. The van der Waals surface area contributed by atoms with E-state index in [1.165, 1.54) is 37.8 Å². The predicted molar refractivity (Wildman–Crippen MR) is 67.3 cm³/mol. The maximum Gasteiger partial charge on any atom is 0.234 e. The van der Waals surface area contributed by atoms with Crippen molar-refractivity contribution in [2.24, 2.45) is 11.3 Å². The van der Waals surface area contributed by atoms with Crippen LogP contribution in [-0.4, -0.2) is 19.0 Å². The van der Waals surface area contributed by atoms with Crippen LogP contribution in [0.1, 0.15) is 44.9 Å². The third-order valence-corrected chi connectivity index (χ3v) is 4.68. The van der Waals surface area contributed by atoms with Crippen molar-refractivity contribution in [3.05, 3.63) is 11.8 Å². The van der Waals surface area contributed by atoms with Crippen LogP contribution >= 0.6 is 0 Å². The molecule has 2 aliphatic heterocycles. The Bertz CT molecular complexity index is 336. The standard InChI is InChI=1S/C14H22N2O/c17-13-14(6-8-15-9-7-14)10-12(16-13)11-4-2-1-3-5-11/h10-11,15H,1-9H2,(H,16,17). The lowest BCUT2D eigenvalue weighted by Gasteiger charge is -2.29. The molecule has 1 saturated carbocycles. The minimum atomic E-state index is -0.169. The van der Waals surface area contributed by atoms with Crippen molar-refractivity contribution >= 4 is 5.91 Å². The fraction of sp³-hybridized carbons (Fsp3) is 0.786. The van der Waals surface area contributed by atoms with Gasteiger partial charge in [0.1, 0.15) is 0 Å². The number of nitrogens with one attached hydrogen (secondary N) is 2. The van der Waals surface area contributed by atoms with Gasteiger partial charge in [0.15, 0.2) is 0 Å². The quantitative estimate of drug-likeness (QED) is 0.728.